The standard InChI is InChI=1S/C17H18O6S/c1-13-6-8-15(9-7-13)24(19,20)23-10-4-3-5-14-11-16(22-12-14)17(18)21-2/h3,5-9,11-12H,4,10H2,1-2H3/b5-3+. The van der Waals surface area contributed by atoms with Crippen molar-refractivity contribution >= 4 is 22.2 Å². The van der Waals surface area contributed by atoms with Gasteiger partial charge in [-0.15, -0.1) is 0 Å². The molecule has 0 saturated carbocycles. The van der Waals surface area contributed by atoms with Gasteiger partial charge < -0.3 is 9.15 Å². The molecule has 0 bridgehead atoms. The number of methoxy groups -OCH3 is 1. The zero-order chi connectivity index (χ0) is 17.6. The lowest BCUT2D eigenvalue weighted by molar-refractivity contribution is 0.0565. The highest BCUT2D eigenvalue weighted by atomic mass is 32.2. The zero-order valence-electron chi connectivity index (χ0n) is 13.4. The van der Waals surface area contributed by atoms with E-state index in [1.54, 1.807) is 24.3 Å². The van der Waals surface area contributed by atoms with Crippen molar-refractivity contribution < 1.29 is 26.5 Å². The molecule has 0 N–H and O–H groups in total. The molecule has 7 heteroatoms. The number of hydrogen-bond donors (Lipinski definition) is 0. The van der Waals surface area contributed by atoms with Crippen molar-refractivity contribution in [1.82, 2.24) is 0 Å². The van der Waals surface area contributed by atoms with Crippen LogP contribution in [0.1, 0.15) is 28.1 Å². The van der Waals surface area contributed by atoms with Gasteiger partial charge in [0.1, 0.15) is 0 Å². The highest BCUT2D eigenvalue weighted by molar-refractivity contribution is 7.86. The molecule has 2 aromatic rings. The summed E-state index contributed by atoms with van der Waals surface area (Å²) >= 11 is 0. The molecule has 0 amide bonds. The monoisotopic (exact) mass is 350 g/mol. The van der Waals surface area contributed by atoms with Crippen LogP contribution in [0.25, 0.3) is 6.08 Å². The number of ether oxygens (including phenoxy) is 1. The topological polar surface area (TPSA) is 82.8 Å². The Kier molecular flexibility index (Phi) is 5.94. The van der Waals surface area contributed by atoms with Crippen molar-refractivity contribution in [1.29, 1.82) is 0 Å². The third-order valence-electron chi connectivity index (χ3n) is 3.15. The van der Waals surface area contributed by atoms with Gasteiger partial charge in [0.2, 0.25) is 5.76 Å². The Bertz CT molecular complexity index is 815. The van der Waals surface area contributed by atoms with E-state index in [0.29, 0.717) is 12.0 Å². The van der Waals surface area contributed by atoms with E-state index in [2.05, 4.69) is 4.74 Å². The van der Waals surface area contributed by atoms with Crippen LogP contribution in [0.2, 0.25) is 0 Å². The molecule has 128 valence electrons. The molecule has 0 aliphatic heterocycles. The van der Waals surface area contributed by atoms with Gasteiger partial charge in [0, 0.05) is 5.56 Å². The van der Waals surface area contributed by atoms with E-state index in [9.17, 15) is 13.2 Å². The predicted molar refractivity (Wildman–Crippen MR) is 88.0 cm³/mol. The lowest BCUT2D eigenvalue weighted by Gasteiger charge is -2.04. The first-order valence-corrected chi connectivity index (χ1v) is 8.63. The lowest BCUT2D eigenvalue weighted by Crippen LogP contribution is -2.07. The van der Waals surface area contributed by atoms with Gasteiger partial charge in [-0.1, -0.05) is 29.8 Å². The van der Waals surface area contributed by atoms with Crippen LogP contribution in [-0.2, 0) is 19.0 Å². The van der Waals surface area contributed by atoms with Crippen LogP contribution >= 0.6 is 0 Å². The average Bonchev–Trinajstić information content (AvgIpc) is 3.03. The summed E-state index contributed by atoms with van der Waals surface area (Å²) in [5.74, 6) is -0.447. The van der Waals surface area contributed by atoms with Crippen molar-refractivity contribution in [3.05, 3.63) is 59.6 Å². The highest BCUT2D eigenvalue weighted by Gasteiger charge is 2.14. The predicted octanol–water partition coefficient (Wildman–Crippen LogP) is 3.18. The van der Waals surface area contributed by atoms with Crippen molar-refractivity contribution in [2.75, 3.05) is 13.7 Å². The molecule has 1 heterocycles. The van der Waals surface area contributed by atoms with Crippen molar-refractivity contribution in [2.45, 2.75) is 18.2 Å². The van der Waals surface area contributed by atoms with Gasteiger partial charge in [-0.2, -0.15) is 8.42 Å². The van der Waals surface area contributed by atoms with Crippen LogP contribution in [0, 0.1) is 6.92 Å². The number of carbonyl (C=O) groups excluding carboxylic acids is 1. The number of esters is 1. The van der Waals surface area contributed by atoms with E-state index in [-0.39, 0.29) is 17.3 Å². The first-order chi connectivity index (χ1) is 11.4. The number of furan rings is 1. The molecule has 6 nitrogen and oxygen atoms in total. The van der Waals surface area contributed by atoms with E-state index in [1.807, 2.05) is 6.92 Å². The molecule has 0 atom stereocenters. The minimum atomic E-state index is -3.75. The molecule has 2 rings (SSSR count). The molecule has 0 saturated heterocycles. The first kappa shape index (κ1) is 18.0. The summed E-state index contributed by atoms with van der Waals surface area (Å²) < 4.78 is 38.5. The maximum Gasteiger partial charge on any atom is 0.373 e. The summed E-state index contributed by atoms with van der Waals surface area (Å²) in [5, 5.41) is 0. The Morgan fingerprint density at radius 1 is 1.25 bits per heavy atom. The molecule has 0 unspecified atom stereocenters. The molecule has 0 aliphatic carbocycles. The Labute approximate surface area is 140 Å². The van der Waals surface area contributed by atoms with Gasteiger partial charge in [-0.05, 0) is 31.5 Å². The largest absolute Gasteiger partial charge is 0.463 e. The second kappa shape index (κ2) is 7.94. The van der Waals surface area contributed by atoms with Crippen LogP contribution in [-0.4, -0.2) is 28.1 Å². The van der Waals surface area contributed by atoms with Gasteiger partial charge in [-0.3, -0.25) is 4.18 Å². The fraction of sp³-hybridized carbons (Fsp3) is 0.235. The Hall–Kier alpha value is -2.38. The van der Waals surface area contributed by atoms with E-state index < -0.39 is 16.1 Å². The summed E-state index contributed by atoms with van der Waals surface area (Å²) in [4.78, 5) is 11.4. The highest BCUT2D eigenvalue weighted by Crippen LogP contribution is 2.14. The van der Waals surface area contributed by atoms with Crippen molar-refractivity contribution in [3.8, 4) is 0 Å². The van der Waals surface area contributed by atoms with Gasteiger partial charge in [0.15, 0.2) is 0 Å². The number of carbonyl (C=O) groups is 1. The van der Waals surface area contributed by atoms with Gasteiger partial charge in [0.05, 0.1) is 24.9 Å². The third-order valence-corrected chi connectivity index (χ3v) is 4.48. The smallest absolute Gasteiger partial charge is 0.373 e. The summed E-state index contributed by atoms with van der Waals surface area (Å²) in [5.41, 5.74) is 1.65. The number of hydrogen-bond acceptors (Lipinski definition) is 6. The molecule has 1 aromatic heterocycles. The van der Waals surface area contributed by atoms with Crippen LogP contribution in [0.3, 0.4) is 0 Å². The fourth-order valence-corrected chi connectivity index (χ4v) is 2.79. The van der Waals surface area contributed by atoms with Crippen LogP contribution in [0.4, 0.5) is 0 Å². The second-order valence-electron chi connectivity index (χ2n) is 5.02. The normalized spacial score (nSPS) is 11.8. The van der Waals surface area contributed by atoms with E-state index in [4.69, 9.17) is 8.60 Å². The Morgan fingerprint density at radius 3 is 2.62 bits per heavy atom. The van der Waals surface area contributed by atoms with E-state index in [0.717, 1.165) is 5.56 Å². The van der Waals surface area contributed by atoms with Crippen LogP contribution in [0.5, 0.6) is 0 Å². The zero-order valence-corrected chi connectivity index (χ0v) is 14.2. The van der Waals surface area contributed by atoms with Gasteiger partial charge in [0.25, 0.3) is 10.1 Å². The third kappa shape index (κ3) is 4.81. The molecule has 0 aliphatic rings. The minimum absolute atomic E-state index is 0.0222. The van der Waals surface area contributed by atoms with E-state index in [1.165, 1.54) is 31.6 Å². The summed E-state index contributed by atoms with van der Waals surface area (Å²) in [6, 6.07) is 7.99. The molecule has 1 aromatic carbocycles. The molecule has 0 radical (unpaired) electrons. The molecular formula is C17H18O6S. The second-order valence-corrected chi connectivity index (χ2v) is 6.63. The summed E-state index contributed by atoms with van der Waals surface area (Å²) in [7, 11) is -2.48. The molecule has 0 spiro atoms. The Morgan fingerprint density at radius 2 is 1.96 bits per heavy atom. The quantitative estimate of drug-likeness (QED) is 0.433. The van der Waals surface area contributed by atoms with Crippen LogP contribution < -0.4 is 0 Å². The summed E-state index contributed by atoms with van der Waals surface area (Å²) in [6.07, 6.45) is 5.24. The number of rotatable bonds is 7. The van der Waals surface area contributed by atoms with Gasteiger partial charge >= 0.3 is 5.97 Å². The lowest BCUT2D eigenvalue weighted by atomic mass is 10.2. The average molecular weight is 350 g/mol. The van der Waals surface area contributed by atoms with Crippen molar-refractivity contribution in [2.24, 2.45) is 0 Å². The van der Waals surface area contributed by atoms with Crippen molar-refractivity contribution in [3.63, 3.8) is 0 Å². The molecule has 24 heavy (non-hydrogen) atoms. The molecular weight excluding hydrogens is 332 g/mol. The first-order valence-electron chi connectivity index (χ1n) is 7.22. The van der Waals surface area contributed by atoms with Crippen LogP contribution in [0.15, 0.2) is 52.0 Å². The summed E-state index contributed by atoms with van der Waals surface area (Å²) in [6.45, 7) is 1.90. The maximum absolute atomic E-state index is 12.0. The number of aryl methyl sites for hydroxylation is 1. The van der Waals surface area contributed by atoms with E-state index >= 15 is 0 Å². The van der Waals surface area contributed by atoms with Gasteiger partial charge in [-0.25, -0.2) is 4.79 Å². The Balaban J connectivity index is 1.84. The maximum atomic E-state index is 12.0. The molecule has 0 fully saturated rings. The SMILES string of the molecule is COC(=O)c1cc(/C=C/CCOS(=O)(=O)c2ccc(C)cc2)co1. The fourth-order valence-electron chi connectivity index (χ4n) is 1.86. The number of benzene rings is 1. The minimum Gasteiger partial charge on any atom is -0.463 e.